The number of benzene rings is 2. The fourth-order valence-corrected chi connectivity index (χ4v) is 10.2. The summed E-state index contributed by atoms with van der Waals surface area (Å²) in [6.45, 7) is 16.9. The summed E-state index contributed by atoms with van der Waals surface area (Å²) in [5.41, 5.74) is 1.49. The largest absolute Gasteiger partial charge is 0.357 e. The second-order valence-corrected chi connectivity index (χ2v) is 16.0. The van der Waals surface area contributed by atoms with Gasteiger partial charge in [0.05, 0.1) is 0 Å². The molecule has 2 spiro atoms. The Kier molecular flexibility index (Phi) is 6.50. The van der Waals surface area contributed by atoms with Gasteiger partial charge < -0.3 is 30.4 Å². The summed E-state index contributed by atoms with van der Waals surface area (Å²) in [7, 11) is 0. The van der Waals surface area contributed by atoms with Crippen molar-refractivity contribution in [2.75, 3.05) is 13.1 Å². The minimum Gasteiger partial charge on any atom is -0.357 e. The first-order valence-corrected chi connectivity index (χ1v) is 18.0. The zero-order valence-electron chi connectivity index (χ0n) is 29.9. The number of carbonyl (C=O) groups is 4. The van der Waals surface area contributed by atoms with E-state index in [2.05, 4.69) is 33.8 Å². The second-order valence-electron chi connectivity index (χ2n) is 16.0. The number of carbonyl (C=O) groups excluding carboxylic acids is 4. The van der Waals surface area contributed by atoms with E-state index in [1.165, 1.54) is 0 Å². The molecule has 1 aliphatic carbocycles. The molecule has 4 saturated heterocycles. The molecule has 0 unspecified atom stereocenters. The van der Waals surface area contributed by atoms with Crippen LogP contribution in [0.1, 0.15) is 63.1 Å². The molecule has 4 aliphatic heterocycles. The van der Waals surface area contributed by atoms with Gasteiger partial charge in [-0.15, -0.1) is 13.2 Å². The van der Waals surface area contributed by atoms with Crippen molar-refractivity contribution >= 4 is 57.6 Å². The van der Waals surface area contributed by atoms with Crippen LogP contribution in [0.2, 0.25) is 0 Å². The number of fused-ring (bicyclic) bond motifs is 3. The van der Waals surface area contributed by atoms with Gasteiger partial charge in [0.2, 0.25) is 0 Å². The highest BCUT2D eigenvalue weighted by molar-refractivity contribution is 6.19. The third-order valence-electron chi connectivity index (χ3n) is 12.8. The number of hydrogen-bond acceptors (Lipinski definition) is 4. The zero-order valence-corrected chi connectivity index (χ0v) is 29.9. The van der Waals surface area contributed by atoms with Crippen LogP contribution < -0.4 is 10.6 Å². The molecular formula is C42H42N6O4. The van der Waals surface area contributed by atoms with Gasteiger partial charge in [-0.2, -0.15) is 0 Å². The normalized spacial score (nSPS) is 28.5. The first-order chi connectivity index (χ1) is 24.8. The lowest BCUT2D eigenvalue weighted by molar-refractivity contribution is -0.203. The standard InChI is InChI=1S/C42H42N6O4/c1-7-39(3,4)33-25(23-13-9-11-15-29(23)43-33)21-31-35(49)47-19-17-27-28-18-20-48-36(50)32(46-38(52)42(28,48)41(27,47)37(51)45-31)22-26-24-14-10-12-16-30(24)44-34(26)40(5,6)8-2/h7-16,21-22,27-28,43-44H,1-2,17-20H2,3-6H3,(H,45,51)(H,46,52)/b31-21-,32-22?/t27-,28-,41+,42+/m0/s1. The van der Waals surface area contributed by atoms with Crippen LogP contribution in [0.4, 0.5) is 0 Å². The summed E-state index contributed by atoms with van der Waals surface area (Å²) in [6, 6.07) is 15.7. The van der Waals surface area contributed by atoms with Crippen molar-refractivity contribution in [3.05, 3.63) is 108 Å². The average molecular weight is 695 g/mol. The number of nitrogens with one attached hydrogen (secondary N) is 4. The molecule has 2 aromatic carbocycles. The van der Waals surface area contributed by atoms with Gasteiger partial charge in [-0.3, -0.25) is 19.2 Å². The highest BCUT2D eigenvalue weighted by Crippen LogP contribution is 2.68. The monoisotopic (exact) mass is 694 g/mol. The predicted octanol–water partition coefficient (Wildman–Crippen LogP) is 5.41. The summed E-state index contributed by atoms with van der Waals surface area (Å²) in [5, 5.41) is 7.79. The topological polar surface area (TPSA) is 130 Å². The molecule has 52 heavy (non-hydrogen) atoms. The van der Waals surface area contributed by atoms with Crippen LogP contribution in [0.5, 0.6) is 0 Å². The smallest absolute Gasteiger partial charge is 0.271 e. The van der Waals surface area contributed by atoms with Crippen LogP contribution in [0.25, 0.3) is 34.0 Å². The molecular weight excluding hydrogens is 652 g/mol. The molecule has 4 aromatic rings. The molecule has 4 amide bonds. The van der Waals surface area contributed by atoms with E-state index in [1.54, 1.807) is 22.0 Å². The Balaban J connectivity index is 1.13. The maximum Gasteiger partial charge on any atom is 0.271 e. The molecule has 2 aromatic heterocycles. The Bertz CT molecular complexity index is 2220. The van der Waals surface area contributed by atoms with E-state index in [0.717, 1.165) is 44.3 Å². The zero-order chi connectivity index (χ0) is 36.5. The van der Waals surface area contributed by atoms with Gasteiger partial charge in [0, 0.05) is 80.1 Å². The summed E-state index contributed by atoms with van der Waals surface area (Å²) in [4.78, 5) is 68.9. The molecule has 264 valence electrons. The highest BCUT2D eigenvalue weighted by atomic mass is 16.2. The molecule has 9 rings (SSSR count). The van der Waals surface area contributed by atoms with E-state index < -0.39 is 33.7 Å². The van der Waals surface area contributed by atoms with Crippen LogP contribution in [0.15, 0.2) is 85.2 Å². The number of rotatable bonds is 6. The summed E-state index contributed by atoms with van der Waals surface area (Å²) in [5.74, 6) is -2.05. The fraction of sp³-hybridized carbons (Fsp3) is 0.333. The van der Waals surface area contributed by atoms with E-state index in [4.69, 9.17) is 0 Å². The SMILES string of the molecule is C=CC(C)(C)c1[nH]c2ccccc2c1C=C1NC(=O)[C@@]23[C@@H](CCN2C1=O)[C@@H]1CCN2C(=O)/C(=C/c4c(C(C)(C)C=C)[nH]c5ccccc45)NC(=O)[C@@]123. The lowest BCUT2D eigenvalue weighted by Gasteiger charge is -2.67. The Morgan fingerprint density at radius 2 is 1.04 bits per heavy atom. The van der Waals surface area contributed by atoms with Crippen LogP contribution in [0.3, 0.4) is 0 Å². The summed E-state index contributed by atoms with van der Waals surface area (Å²) < 4.78 is 0. The summed E-state index contributed by atoms with van der Waals surface area (Å²) in [6.07, 6.45) is 8.35. The number of piperazine rings is 2. The third-order valence-corrected chi connectivity index (χ3v) is 12.8. The molecule has 4 atom stereocenters. The van der Waals surface area contributed by atoms with Crippen LogP contribution >= 0.6 is 0 Å². The van der Waals surface area contributed by atoms with E-state index in [-0.39, 0.29) is 35.0 Å². The maximum absolute atomic E-state index is 14.7. The number of nitrogens with zero attached hydrogens (tertiary/aromatic N) is 2. The van der Waals surface area contributed by atoms with Crippen molar-refractivity contribution in [1.29, 1.82) is 0 Å². The maximum atomic E-state index is 14.7. The molecule has 1 saturated carbocycles. The molecule has 0 bridgehead atoms. The minimum atomic E-state index is -1.51. The van der Waals surface area contributed by atoms with Crippen LogP contribution in [-0.2, 0) is 30.0 Å². The Morgan fingerprint density at radius 1 is 0.654 bits per heavy atom. The number of H-pyrrole nitrogens is 2. The lowest BCUT2D eigenvalue weighted by Crippen LogP contribution is -2.92. The number of para-hydroxylation sites is 2. The van der Waals surface area contributed by atoms with Crippen molar-refractivity contribution in [3.8, 4) is 0 Å². The van der Waals surface area contributed by atoms with Crippen LogP contribution in [0, 0.1) is 11.8 Å². The van der Waals surface area contributed by atoms with E-state index in [1.807, 2.05) is 88.4 Å². The van der Waals surface area contributed by atoms with E-state index in [9.17, 15) is 19.2 Å². The molecule has 0 radical (unpaired) electrons. The average Bonchev–Trinajstić information content (AvgIpc) is 3.88. The molecule has 5 aliphatic rings. The number of aromatic amines is 2. The van der Waals surface area contributed by atoms with E-state index in [0.29, 0.717) is 25.9 Å². The number of amides is 4. The molecule has 5 fully saturated rings. The Morgan fingerprint density at radius 3 is 1.42 bits per heavy atom. The second kappa shape index (κ2) is 10.5. The first-order valence-electron chi connectivity index (χ1n) is 18.0. The molecule has 10 heteroatoms. The molecule has 10 nitrogen and oxygen atoms in total. The number of allylic oxidation sites excluding steroid dienone is 2. The first kappa shape index (κ1) is 32.3. The van der Waals surface area contributed by atoms with Crippen LogP contribution in [-0.4, -0.2) is 67.6 Å². The van der Waals surface area contributed by atoms with Gasteiger partial charge in [0.1, 0.15) is 11.4 Å². The molecule has 6 heterocycles. The number of hydrogen-bond donors (Lipinski definition) is 4. The fourth-order valence-electron chi connectivity index (χ4n) is 10.2. The van der Waals surface area contributed by atoms with Gasteiger partial charge in [-0.25, -0.2) is 0 Å². The van der Waals surface area contributed by atoms with Crippen molar-refractivity contribution in [2.45, 2.75) is 62.4 Å². The third kappa shape index (κ3) is 3.74. The lowest BCUT2D eigenvalue weighted by atomic mass is 9.45. The summed E-state index contributed by atoms with van der Waals surface area (Å²) >= 11 is 0. The van der Waals surface area contributed by atoms with E-state index >= 15 is 0 Å². The quantitative estimate of drug-likeness (QED) is 0.159. The van der Waals surface area contributed by atoms with Gasteiger partial charge in [0.15, 0.2) is 11.1 Å². The predicted molar refractivity (Wildman–Crippen MR) is 200 cm³/mol. The van der Waals surface area contributed by atoms with Crippen molar-refractivity contribution < 1.29 is 19.2 Å². The Labute approximate surface area is 301 Å². The minimum absolute atomic E-state index is 0.145. The highest BCUT2D eigenvalue weighted by Gasteiger charge is 2.88. The van der Waals surface area contributed by atoms with Gasteiger partial charge in [-0.1, -0.05) is 76.2 Å². The number of aromatic nitrogens is 2. The van der Waals surface area contributed by atoms with Gasteiger partial charge >= 0.3 is 0 Å². The van der Waals surface area contributed by atoms with Crippen molar-refractivity contribution in [3.63, 3.8) is 0 Å². The van der Waals surface area contributed by atoms with Gasteiger partial charge in [-0.05, 0) is 37.1 Å². The molecule has 4 N–H and O–H groups in total. The van der Waals surface area contributed by atoms with Gasteiger partial charge in [0.25, 0.3) is 23.6 Å². The Hall–Kier alpha value is -5.64. The van der Waals surface area contributed by atoms with Crippen molar-refractivity contribution in [2.24, 2.45) is 11.8 Å². The van der Waals surface area contributed by atoms with Crippen molar-refractivity contribution in [1.82, 2.24) is 30.4 Å².